The molecule has 0 bridgehead atoms. The summed E-state index contributed by atoms with van der Waals surface area (Å²) in [4.78, 5) is 0. The van der Waals surface area contributed by atoms with E-state index in [0.717, 1.165) is 6.54 Å². The van der Waals surface area contributed by atoms with Crippen molar-refractivity contribution >= 4 is 0 Å². The fourth-order valence-electron chi connectivity index (χ4n) is 2.83. The predicted octanol–water partition coefficient (Wildman–Crippen LogP) is 3.08. The highest BCUT2D eigenvalue weighted by atomic mass is 15.3. The largest absolute Gasteiger partial charge is 0.311 e. The van der Waals surface area contributed by atoms with Crippen molar-refractivity contribution in [3.8, 4) is 0 Å². The van der Waals surface area contributed by atoms with Crippen LogP contribution in [0, 0.1) is 27.7 Å². The van der Waals surface area contributed by atoms with Gasteiger partial charge >= 0.3 is 0 Å². The van der Waals surface area contributed by atoms with Crippen LogP contribution in [0.2, 0.25) is 0 Å². The number of likely N-dealkylation sites (N-methyl/N-ethyl adjacent to an activating group) is 1. The van der Waals surface area contributed by atoms with E-state index in [1.165, 1.54) is 27.9 Å². The van der Waals surface area contributed by atoms with Crippen molar-refractivity contribution in [2.45, 2.75) is 40.3 Å². The molecule has 0 aliphatic heterocycles. The van der Waals surface area contributed by atoms with Crippen molar-refractivity contribution in [1.29, 1.82) is 0 Å². The van der Waals surface area contributed by atoms with Gasteiger partial charge in [-0.3, -0.25) is 4.68 Å². The van der Waals surface area contributed by atoms with Crippen LogP contribution in [-0.2, 0) is 6.54 Å². The Hall–Kier alpha value is -1.61. The minimum Gasteiger partial charge on any atom is -0.311 e. The van der Waals surface area contributed by atoms with Crippen LogP contribution in [0.1, 0.15) is 34.0 Å². The van der Waals surface area contributed by atoms with Crippen LogP contribution in [0.25, 0.3) is 0 Å². The Morgan fingerprint density at radius 1 is 1.16 bits per heavy atom. The summed E-state index contributed by atoms with van der Waals surface area (Å²) in [5.41, 5.74) is 6.61. The molecule has 1 heterocycles. The number of aryl methyl sites for hydroxylation is 4. The molecule has 1 aromatic heterocycles. The lowest BCUT2D eigenvalue weighted by atomic mass is 9.94. The molecule has 1 aromatic carbocycles. The average molecular weight is 257 g/mol. The molecule has 1 N–H and O–H groups in total. The molecule has 0 amide bonds. The van der Waals surface area contributed by atoms with Crippen molar-refractivity contribution < 1.29 is 0 Å². The maximum absolute atomic E-state index is 4.38. The Morgan fingerprint density at radius 2 is 1.79 bits per heavy atom. The number of nitrogens with one attached hydrogen (secondary N) is 1. The van der Waals surface area contributed by atoms with Gasteiger partial charge in [0.15, 0.2) is 0 Å². The second-order valence-electron chi connectivity index (χ2n) is 5.31. The SMILES string of the molecule is CNC(Cn1nccc1C)c1c(C)cc(C)cc1C. The summed E-state index contributed by atoms with van der Waals surface area (Å²) in [6.45, 7) is 9.48. The van der Waals surface area contributed by atoms with Crippen LogP contribution in [-0.4, -0.2) is 16.8 Å². The summed E-state index contributed by atoms with van der Waals surface area (Å²) in [5.74, 6) is 0. The number of benzene rings is 1. The average Bonchev–Trinajstić information content (AvgIpc) is 2.72. The first-order valence-electron chi connectivity index (χ1n) is 6.76. The number of rotatable bonds is 4. The Morgan fingerprint density at radius 3 is 2.26 bits per heavy atom. The first-order chi connectivity index (χ1) is 9.02. The lowest BCUT2D eigenvalue weighted by molar-refractivity contribution is 0.458. The summed E-state index contributed by atoms with van der Waals surface area (Å²) in [6.07, 6.45) is 1.86. The van der Waals surface area contributed by atoms with Gasteiger partial charge in [0.2, 0.25) is 0 Å². The van der Waals surface area contributed by atoms with E-state index in [-0.39, 0.29) is 0 Å². The molecule has 1 unspecified atom stereocenters. The molecule has 2 rings (SSSR count). The van der Waals surface area contributed by atoms with Crippen molar-refractivity contribution in [3.63, 3.8) is 0 Å². The Labute approximate surface area is 115 Å². The highest BCUT2D eigenvalue weighted by molar-refractivity contribution is 5.39. The molecule has 0 radical (unpaired) electrons. The molecule has 0 fully saturated rings. The normalized spacial score (nSPS) is 12.7. The van der Waals surface area contributed by atoms with Gasteiger partial charge in [0.05, 0.1) is 12.6 Å². The lowest BCUT2D eigenvalue weighted by Crippen LogP contribution is -2.24. The van der Waals surface area contributed by atoms with Gasteiger partial charge in [0.1, 0.15) is 0 Å². The second-order valence-corrected chi connectivity index (χ2v) is 5.31. The van der Waals surface area contributed by atoms with Crippen LogP contribution < -0.4 is 5.32 Å². The molecule has 0 saturated heterocycles. The first kappa shape index (κ1) is 13.8. The first-order valence-corrected chi connectivity index (χ1v) is 6.76. The van der Waals surface area contributed by atoms with E-state index in [9.17, 15) is 0 Å². The van der Waals surface area contributed by atoms with Gasteiger partial charge in [-0.05, 0) is 57.5 Å². The van der Waals surface area contributed by atoms with Gasteiger partial charge in [-0.25, -0.2) is 0 Å². The van der Waals surface area contributed by atoms with E-state index in [2.05, 4.69) is 54.9 Å². The van der Waals surface area contributed by atoms with Crippen molar-refractivity contribution in [1.82, 2.24) is 15.1 Å². The van der Waals surface area contributed by atoms with Gasteiger partial charge in [-0.15, -0.1) is 0 Å². The zero-order chi connectivity index (χ0) is 14.0. The summed E-state index contributed by atoms with van der Waals surface area (Å²) in [6, 6.07) is 6.84. The number of nitrogens with zero attached hydrogens (tertiary/aromatic N) is 2. The van der Waals surface area contributed by atoms with E-state index in [1.54, 1.807) is 0 Å². The quantitative estimate of drug-likeness (QED) is 0.912. The second kappa shape index (κ2) is 5.57. The molecule has 0 spiro atoms. The van der Waals surface area contributed by atoms with Crippen LogP contribution >= 0.6 is 0 Å². The maximum Gasteiger partial charge on any atom is 0.0607 e. The van der Waals surface area contributed by atoms with Crippen molar-refractivity contribution in [2.24, 2.45) is 0 Å². The topological polar surface area (TPSA) is 29.9 Å². The maximum atomic E-state index is 4.38. The third kappa shape index (κ3) is 2.87. The Kier molecular flexibility index (Phi) is 4.05. The zero-order valence-electron chi connectivity index (χ0n) is 12.5. The summed E-state index contributed by atoms with van der Waals surface area (Å²) in [7, 11) is 2.02. The fourth-order valence-corrected chi connectivity index (χ4v) is 2.83. The molecule has 0 aliphatic rings. The molecule has 2 aromatic rings. The molecular weight excluding hydrogens is 234 g/mol. The molecule has 3 heteroatoms. The van der Waals surface area contributed by atoms with E-state index < -0.39 is 0 Å². The highest BCUT2D eigenvalue weighted by Crippen LogP contribution is 2.24. The van der Waals surface area contributed by atoms with Crippen LogP contribution in [0.4, 0.5) is 0 Å². The summed E-state index contributed by atoms with van der Waals surface area (Å²) >= 11 is 0. The predicted molar refractivity (Wildman–Crippen MR) is 79.4 cm³/mol. The molecule has 0 saturated carbocycles. The van der Waals surface area contributed by atoms with Gasteiger partial charge in [-0.2, -0.15) is 5.10 Å². The zero-order valence-corrected chi connectivity index (χ0v) is 12.5. The number of aromatic nitrogens is 2. The van der Waals surface area contributed by atoms with Crippen molar-refractivity contribution in [3.05, 3.63) is 52.3 Å². The fraction of sp³-hybridized carbons (Fsp3) is 0.438. The highest BCUT2D eigenvalue weighted by Gasteiger charge is 2.16. The minimum absolute atomic E-state index is 0.291. The molecule has 102 valence electrons. The number of hydrogen-bond acceptors (Lipinski definition) is 2. The third-order valence-corrected chi connectivity index (χ3v) is 3.72. The molecule has 3 nitrogen and oxygen atoms in total. The van der Waals surface area contributed by atoms with E-state index in [1.807, 2.05) is 19.3 Å². The van der Waals surface area contributed by atoms with Gasteiger partial charge in [-0.1, -0.05) is 17.7 Å². The van der Waals surface area contributed by atoms with Crippen molar-refractivity contribution in [2.75, 3.05) is 7.05 Å². The monoisotopic (exact) mass is 257 g/mol. The molecular formula is C16H23N3. The van der Waals surface area contributed by atoms with Gasteiger partial charge in [0, 0.05) is 11.9 Å². The van der Waals surface area contributed by atoms with Crippen LogP contribution in [0.15, 0.2) is 24.4 Å². The molecule has 19 heavy (non-hydrogen) atoms. The summed E-state index contributed by atoms with van der Waals surface area (Å²) < 4.78 is 2.06. The van der Waals surface area contributed by atoms with Crippen LogP contribution in [0.5, 0.6) is 0 Å². The molecule has 1 atom stereocenters. The van der Waals surface area contributed by atoms with Gasteiger partial charge < -0.3 is 5.32 Å². The van der Waals surface area contributed by atoms with E-state index >= 15 is 0 Å². The lowest BCUT2D eigenvalue weighted by Gasteiger charge is -2.22. The molecule has 0 aliphatic carbocycles. The number of hydrogen-bond donors (Lipinski definition) is 1. The van der Waals surface area contributed by atoms with Crippen LogP contribution in [0.3, 0.4) is 0 Å². The smallest absolute Gasteiger partial charge is 0.0607 e. The van der Waals surface area contributed by atoms with E-state index in [0.29, 0.717) is 6.04 Å². The Bertz CT molecular complexity index is 546. The minimum atomic E-state index is 0.291. The van der Waals surface area contributed by atoms with E-state index in [4.69, 9.17) is 0 Å². The Balaban J connectivity index is 2.35. The summed E-state index contributed by atoms with van der Waals surface area (Å²) in [5, 5.41) is 7.81. The standard InChI is InChI=1S/C16H23N3/c1-11-8-12(2)16(13(3)9-11)15(17-5)10-19-14(4)6-7-18-19/h6-9,15,17H,10H2,1-5H3. The van der Waals surface area contributed by atoms with Gasteiger partial charge in [0.25, 0.3) is 0 Å². The third-order valence-electron chi connectivity index (χ3n) is 3.72.